The number of ether oxygens (including phenoxy) is 1. The van der Waals surface area contributed by atoms with Crippen molar-refractivity contribution >= 4 is 17.3 Å². The van der Waals surface area contributed by atoms with Gasteiger partial charge >= 0.3 is 5.97 Å². The zero-order valence-corrected chi connectivity index (χ0v) is 9.60. The van der Waals surface area contributed by atoms with Crippen LogP contribution in [0.15, 0.2) is 11.4 Å². The molecule has 1 aromatic rings. The number of carbonyl (C=O) groups excluding carboxylic acids is 1. The topological polar surface area (TPSA) is 38.3 Å². The molecule has 0 aromatic carbocycles. The number of hydrogen-bond acceptors (Lipinski definition) is 4. The quantitative estimate of drug-likeness (QED) is 0.773. The lowest BCUT2D eigenvalue weighted by molar-refractivity contribution is -0.145. The second-order valence-corrected chi connectivity index (χ2v) is 4.58. The van der Waals surface area contributed by atoms with Crippen molar-refractivity contribution in [1.82, 2.24) is 5.32 Å². The maximum absolute atomic E-state index is 11.6. The van der Waals surface area contributed by atoms with E-state index < -0.39 is 0 Å². The summed E-state index contributed by atoms with van der Waals surface area (Å²) in [4.78, 5) is 13.0. The number of fused-ring (bicyclic) bond motifs is 1. The predicted molar refractivity (Wildman–Crippen MR) is 60.2 cm³/mol. The van der Waals surface area contributed by atoms with Gasteiger partial charge in [0.1, 0.15) is 6.04 Å². The van der Waals surface area contributed by atoms with Gasteiger partial charge in [0.2, 0.25) is 0 Å². The van der Waals surface area contributed by atoms with Crippen molar-refractivity contribution in [3.63, 3.8) is 0 Å². The SMILES string of the molecule is CCOC(=O)C1Cc2ccsc2CCN1. The Bertz CT molecular complexity index is 348. The van der Waals surface area contributed by atoms with Crippen LogP contribution in [0.4, 0.5) is 0 Å². The van der Waals surface area contributed by atoms with Crippen molar-refractivity contribution in [1.29, 1.82) is 0 Å². The molecule has 4 heteroatoms. The molecule has 0 fully saturated rings. The van der Waals surface area contributed by atoms with E-state index >= 15 is 0 Å². The molecule has 0 radical (unpaired) electrons. The Hall–Kier alpha value is -0.870. The number of nitrogens with one attached hydrogen (secondary N) is 1. The minimum Gasteiger partial charge on any atom is -0.465 e. The van der Waals surface area contributed by atoms with Gasteiger partial charge in [-0.25, -0.2) is 0 Å². The van der Waals surface area contributed by atoms with E-state index in [0.717, 1.165) is 19.4 Å². The summed E-state index contributed by atoms with van der Waals surface area (Å²) in [5.41, 5.74) is 1.29. The van der Waals surface area contributed by atoms with Gasteiger partial charge in [0.15, 0.2) is 0 Å². The Labute approximate surface area is 93.4 Å². The summed E-state index contributed by atoms with van der Waals surface area (Å²) in [7, 11) is 0. The highest BCUT2D eigenvalue weighted by Gasteiger charge is 2.23. The Morgan fingerprint density at radius 1 is 1.73 bits per heavy atom. The molecule has 0 spiro atoms. The normalized spacial score (nSPS) is 20.5. The second-order valence-electron chi connectivity index (χ2n) is 3.58. The Kier molecular flexibility index (Phi) is 3.38. The van der Waals surface area contributed by atoms with Crippen molar-refractivity contribution in [3.05, 3.63) is 21.9 Å². The highest BCUT2D eigenvalue weighted by atomic mass is 32.1. The van der Waals surface area contributed by atoms with E-state index in [1.54, 1.807) is 11.3 Å². The highest BCUT2D eigenvalue weighted by molar-refractivity contribution is 7.10. The summed E-state index contributed by atoms with van der Waals surface area (Å²) >= 11 is 1.77. The minimum atomic E-state index is -0.166. The van der Waals surface area contributed by atoms with Gasteiger partial charge in [-0.3, -0.25) is 4.79 Å². The third kappa shape index (κ3) is 2.38. The molecule has 1 unspecified atom stereocenters. The lowest BCUT2D eigenvalue weighted by atomic mass is 10.1. The molecule has 15 heavy (non-hydrogen) atoms. The van der Waals surface area contributed by atoms with E-state index in [0.29, 0.717) is 6.61 Å². The van der Waals surface area contributed by atoms with Gasteiger partial charge in [0.25, 0.3) is 0 Å². The van der Waals surface area contributed by atoms with Gasteiger partial charge in [-0.15, -0.1) is 11.3 Å². The molecule has 3 nitrogen and oxygen atoms in total. The van der Waals surface area contributed by atoms with Crippen LogP contribution in [-0.2, 0) is 22.4 Å². The third-order valence-electron chi connectivity index (χ3n) is 2.58. The van der Waals surface area contributed by atoms with Gasteiger partial charge in [-0.05, 0) is 36.8 Å². The maximum Gasteiger partial charge on any atom is 0.323 e. The number of carbonyl (C=O) groups is 1. The van der Waals surface area contributed by atoms with Crippen molar-refractivity contribution in [2.24, 2.45) is 0 Å². The van der Waals surface area contributed by atoms with Crippen LogP contribution in [0.5, 0.6) is 0 Å². The fourth-order valence-electron chi connectivity index (χ4n) is 1.83. The molecule has 1 atom stereocenters. The van der Waals surface area contributed by atoms with Crippen LogP contribution in [0.3, 0.4) is 0 Å². The molecule has 2 heterocycles. The van der Waals surface area contributed by atoms with E-state index in [2.05, 4.69) is 16.8 Å². The van der Waals surface area contributed by atoms with Crippen molar-refractivity contribution in [3.8, 4) is 0 Å². The monoisotopic (exact) mass is 225 g/mol. The Balaban J connectivity index is 2.08. The molecule has 1 aromatic heterocycles. The van der Waals surface area contributed by atoms with Crippen LogP contribution in [0.2, 0.25) is 0 Å². The molecule has 1 aliphatic heterocycles. The summed E-state index contributed by atoms with van der Waals surface area (Å²) in [5.74, 6) is -0.128. The molecule has 1 N–H and O–H groups in total. The summed E-state index contributed by atoms with van der Waals surface area (Å²) in [6.45, 7) is 3.15. The largest absolute Gasteiger partial charge is 0.465 e. The smallest absolute Gasteiger partial charge is 0.323 e. The molecule has 82 valence electrons. The number of hydrogen-bond donors (Lipinski definition) is 1. The molecule has 0 saturated carbocycles. The third-order valence-corrected chi connectivity index (χ3v) is 3.60. The van der Waals surface area contributed by atoms with Gasteiger partial charge in [-0.1, -0.05) is 0 Å². The van der Waals surface area contributed by atoms with Gasteiger partial charge in [0, 0.05) is 11.4 Å². The van der Waals surface area contributed by atoms with Crippen LogP contribution < -0.4 is 5.32 Å². The standard InChI is InChI=1S/C11H15NO2S/c1-2-14-11(13)9-7-8-4-6-15-10(8)3-5-12-9/h4,6,9,12H,2-3,5,7H2,1H3. The molecule has 0 aliphatic carbocycles. The fraction of sp³-hybridized carbons (Fsp3) is 0.545. The highest BCUT2D eigenvalue weighted by Crippen LogP contribution is 2.21. The van der Waals surface area contributed by atoms with Crippen molar-refractivity contribution in [2.75, 3.05) is 13.2 Å². The first-order valence-corrected chi connectivity index (χ1v) is 6.14. The van der Waals surface area contributed by atoms with Crippen LogP contribution in [0, 0.1) is 0 Å². The summed E-state index contributed by atoms with van der Waals surface area (Å²) in [6.07, 6.45) is 1.78. The molecular formula is C11H15NO2S. The summed E-state index contributed by atoms with van der Waals surface area (Å²) < 4.78 is 5.03. The van der Waals surface area contributed by atoms with Crippen LogP contribution in [-0.4, -0.2) is 25.2 Å². The fourth-order valence-corrected chi connectivity index (χ4v) is 2.75. The zero-order valence-electron chi connectivity index (χ0n) is 8.79. The number of thiophene rings is 1. The average molecular weight is 225 g/mol. The van der Waals surface area contributed by atoms with Gasteiger partial charge < -0.3 is 10.1 Å². The molecule has 1 aliphatic rings. The van der Waals surface area contributed by atoms with E-state index in [-0.39, 0.29) is 12.0 Å². The van der Waals surface area contributed by atoms with Crippen molar-refractivity contribution < 1.29 is 9.53 Å². The van der Waals surface area contributed by atoms with Crippen LogP contribution in [0.1, 0.15) is 17.4 Å². The predicted octanol–water partition coefficient (Wildman–Crippen LogP) is 1.37. The first-order valence-electron chi connectivity index (χ1n) is 5.26. The van der Waals surface area contributed by atoms with E-state index in [1.165, 1.54) is 10.4 Å². The zero-order chi connectivity index (χ0) is 10.7. The lowest BCUT2D eigenvalue weighted by Crippen LogP contribution is -2.39. The maximum atomic E-state index is 11.6. The minimum absolute atomic E-state index is 0.128. The van der Waals surface area contributed by atoms with Crippen LogP contribution in [0.25, 0.3) is 0 Å². The molecular weight excluding hydrogens is 210 g/mol. The first-order chi connectivity index (χ1) is 7.31. The van der Waals surface area contributed by atoms with Crippen molar-refractivity contribution in [2.45, 2.75) is 25.8 Å². The van der Waals surface area contributed by atoms with Crippen LogP contribution >= 0.6 is 11.3 Å². The molecule has 0 amide bonds. The van der Waals surface area contributed by atoms with Gasteiger partial charge in [0.05, 0.1) is 6.61 Å². The molecule has 2 rings (SSSR count). The molecule has 0 saturated heterocycles. The first kappa shape index (κ1) is 10.6. The van der Waals surface area contributed by atoms with E-state index in [1.807, 2.05) is 6.92 Å². The summed E-state index contributed by atoms with van der Waals surface area (Å²) in [6, 6.07) is 1.94. The molecule has 0 bridgehead atoms. The van der Waals surface area contributed by atoms with E-state index in [4.69, 9.17) is 4.74 Å². The number of esters is 1. The number of rotatable bonds is 2. The Morgan fingerprint density at radius 2 is 2.60 bits per heavy atom. The van der Waals surface area contributed by atoms with E-state index in [9.17, 15) is 4.79 Å². The lowest BCUT2D eigenvalue weighted by Gasteiger charge is -2.13. The van der Waals surface area contributed by atoms with Gasteiger partial charge in [-0.2, -0.15) is 0 Å². The average Bonchev–Trinajstić information content (AvgIpc) is 2.56. The summed E-state index contributed by atoms with van der Waals surface area (Å²) in [5, 5.41) is 5.33. The second kappa shape index (κ2) is 4.77. The Morgan fingerprint density at radius 3 is 3.40 bits per heavy atom.